The first-order chi connectivity index (χ1) is 14.8. The number of nitrogens with two attached hydrogens (primary N) is 1. The number of Topliss-reactive ketones (excluding diaryl/α,β-unsaturated/α-hetero) is 1. The number of esters is 2. The van der Waals surface area contributed by atoms with Crippen molar-refractivity contribution in [2.45, 2.75) is 32.2 Å². The van der Waals surface area contributed by atoms with Gasteiger partial charge in [-0.15, -0.1) is 0 Å². The third kappa shape index (κ3) is 4.77. The van der Waals surface area contributed by atoms with Crippen molar-refractivity contribution < 1.29 is 37.9 Å². The normalized spacial score (nSPS) is 13.2. The van der Waals surface area contributed by atoms with Crippen molar-refractivity contribution in [3.63, 3.8) is 0 Å². The topological polar surface area (TPSA) is 143 Å². The van der Waals surface area contributed by atoms with Gasteiger partial charge in [0, 0.05) is 17.5 Å². The molecular weight excluding hydrogens is 406 g/mol. The van der Waals surface area contributed by atoms with Crippen molar-refractivity contribution in [3.8, 4) is 0 Å². The Hall–Kier alpha value is -3.59. The zero-order chi connectivity index (χ0) is 22.5. The van der Waals surface area contributed by atoms with E-state index in [1.54, 1.807) is 19.1 Å². The van der Waals surface area contributed by atoms with Crippen molar-refractivity contribution in [2.24, 2.45) is 5.73 Å². The van der Waals surface area contributed by atoms with Crippen LogP contribution in [0.25, 0.3) is 0 Å². The van der Waals surface area contributed by atoms with Gasteiger partial charge in [-0.2, -0.15) is 0 Å². The Labute approximate surface area is 177 Å². The third-order valence-corrected chi connectivity index (χ3v) is 4.72. The number of hydrogen-bond acceptors (Lipinski definition) is 9. The molecule has 0 saturated heterocycles. The van der Waals surface area contributed by atoms with E-state index in [-0.39, 0.29) is 47.8 Å². The SMILES string of the molecule is CC[C@H](N)C(=O)OCCCOC(=O)CC(=O)c1cc2c(o1)C(=O)c1ccccc1C2=O. The lowest BCUT2D eigenvalue weighted by Crippen LogP contribution is -2.31. The van der Waals surface area contributed by atoms with E-state index in [1.807, 2.05) is 0 Å². The van der Waals surface area contributed by atoms with E-state index in [0.717, 1.165) is 0 Å². The number of ether oxygens (including phenoxy) is 2. The van der Waals surface area contributed by atoms with Crippen LogP contribution in [0.1, 0.15) is 68.8 Å². The van der Waals surface area contributed by atoms with E-state index in [0.29, 0.717) is 6.42 Å². The first-order valence-electron chi connectivity index (χ1n) is 9.76. The van der Waals surface area contributed by atoms with Crippen LogP contribution in [-0.2, 0) is 19.1 Å². The van der Waals surface area contributed by atoms with Crippen LogP contribution in [0.2, 0.25) is 0 Å². The maximum absolute atomic E-state index is 12.6. The Kier molecular flexibility index (Phi) is 6.76. The van der Waals surface area contributed by atoms with Gasteiger partial charge >= 0.3 is 11.9 Å². The summed E-state index contributed by atoms with van der Waals surface area (Å²) in [5, 5.41) is 0. The molecule has 162 valence electrons. The maximum atomic E-state index is 12.6. The van der Waals surface area contributed by atoms with Gasteiger partial charge in [0.15, 0.2) is 17.3 Å². The molecule has 1 aliphatic rings. The molecule has 9 heteroatoms. The third-order valence-electron chi connectivity index (χ3n) is 4.72. The van der Waals surface area contributed by atoms with Crippen LogP contribution in [0.3, 0.4) is 0 Å². The number of carbonyl (C=O) groups excluding carboxylic acids is 5. The summed E-state index contributed by atoms with van der Waals surface area (Å²) in [7, 11) is 0. The van der Waals surface area contributed by atoms with Gasteiger partial charge in [-0.3, -0.25) is 24.0 Å². The van der Waals surface area contributed by atoms with Gasteiger partial charge in [-0.05, 0) is 12.5 Å². The lowest BCUT2D eigenvalue weighted by Gasteiger charge is -2.11. The van der Waals surface area contributed by atoms with Crippen molar-refractivity contribution in [1.29, 1.82) is 0 Å². The van der Waals surface area contributed by atoms with Gasteiger partial charge in [0.05, 0.1) is 18.8 Å². The molecule has 1 aliphatic carbocycles. The number of benzene rings is 1. The lowest BCUT2D eigenvalue weighted by atomic mass is 9.88. The Balaban J connectivity index is 1.53. The molecule has 0 bridgehead atoms. The van der Waals surface area contributed by atoms with Crippen LogP contribution >= 0.6 is 0 Å². The molecule has 0 saturated carbocycles. The monoisotopic (exact) mass is 427 g/mol. The Morgan fingerprint density at radius 2 is 1.65 bits per heavy atom. The molecule has 1 aromatic carbocycles. The number of carbonyl (C=O) groups is 5. The van der Waals surface area contributed by atoms with Crippen LogP contribution in [0.15, 0.2) is 34.7 Å². The molecule has 1 heterocycles. The summed E-state index contributed by atoms with van der Waals surface area (Å²) in [4.78, 5) is 60.7. The van der Waals surface area contributed by atoms with Crippen LogP contribution in [-0.4, -0.2) is 48.5 Å². The van der Waals surface area contributed by atoms with Crippen LogP contribution in [0.4, 0.5) is 0 Å². The summed E-state index contributed by atoms with van der Waals surface area (Å²) in [5.74, 6) is -3.46. The van der Waals surface area contributed by atoms with E-state index in [1.165, 1.54) is 18.2 Å². The molecule has 1 aromatic heterocycles. The van der Waals surface area contributed by atoms with Gasteiger partial charge in [-0.1, -0.05) is 31.2 Å². The summed E-state index contributed by atoms with van der Waals surface area (Å²) in [6.07, 6.45) is 0.0794. The number of ketones is 3. The molecule has 0 fully saturated rings. The minimum Gasteiger partial charge on any atom is -0.465 e. The Morgan fingerprint density at radius 3 is 2.32 bits per heavy atom. The summed E-state index contributed by atoms with van der Waals surface area (Å²) in [6, 6.07) is 6.78. The molecule has 9 nitrogen and oxygen atoms in total. The highest BCUT2D eigenvalue weighted by molar-refractivity contribution is 6.28. The Morgan fingerprint density at radius 1 is 1.00 bits per heavy atom. The molecule has 31 heavy (non-hydrogen) atoms. The van der Waals surface area contributed by atoms with Gasteiger partial charge in [0.1, 0.15) is 12.5 Å². The minimum atomic E-state index is -0.808. The summed E-state index contributed by atoms with van der Waals surface area (Å²) in [5.41, 5.74) is 5.95. The summed E-state index contributed by atoms with van der Waals surface area (Å²) >= 11 is 0. The highest BCUT2D eigenvalue weighted by Crippen LogP contribution is 2.30. The molecule has 0 unspecified atom stereocenters. The van der Waals surface area contributed by atoms with E-state index < -0.39 is 41.8 Å². The van der Waals surface area contributed by atoms with Gasteiger partial charge in [-0.25, -0.2) is 0 Å². The van der Waals surface area contributed by atoms with E-state index in [9.17, 15) is 24.0 Å². The van der Waals surface area contributed by atoms with Gasteiger partial charge < -0.3 is 19.6 Å². The van der Waals surface area contributed by atoms with Crippen LogP contribution < -0.4 is 5.73 Å². The second-order valence-electron chi connectivity index (χ2n) is 6.91. The molecule has 0 aliphatic heterocycles. The fourth-order valence-corrected chi connectivity index (χ4v) is 2.97. The van der Waals surface area contributed by atoms with E-state index >= 15 is 0 Å². The zero-order valence-electron chi connectivity index (χ0n) is 16.8. The second kappa shape index (κ2) is 9.48. The standard InChI is InChI=1S/C22H21NO8/c1-2-15(23)22(28)30-9-5-8-29-18(25)11-16(24)17-10-14-19(26)12-6-3-4-7-13(12)20(27)21(14)31-17/h3-4,6-7,10,15H,2,5,8-9,11,23H2,1H3/t15-/m0/s1. The van der Waals surface area contributed by atoms with E-state index in [4.69, 9.17) is 19.6 Å². The molecule has 0 spiro atoms. The molecular formula is C22H21NO8. The zero-order valence-corrected chi connectivity index (χ0v) is 16.8. The average molecular weight is 427 g/mol. The molecule has 0 radical (unpaired) electrons. The predicted molar refractivity (Wildman–Crippen MR) is 106 cm³/mol. The first kappa shape index (κ1) is 22.1. The van der Waals surface area contributed by atoms with Gasteiger partial charge in [0.25, 0.3) is 0 Å². The quantitative estimate of drug-likeness (QED) is 0.234. The number of hydrogen-bond donors (Lipinski definition) is 1. The van der Waals surface area contributed by atoms with Crippen LogP contribution in [0, 0.1) is 0 Å². The average Bonchev–Trinajstić information content (AvgIpc) is 3.22. The van der Waals surface area contributed by atoms with Gasteiger partial charge in [0.2, 0.25) is 11.6 Å². The maximum Gasteiger partial charge on any atom is 0.322 e. The highest BCUT2D eigenvalue weighted by Gasteiger charge is 2.34. The summed E-state index contributed by atoms with van der Waals surface area (Å²) in [6.45, 7) is 1.73. The fourth-order valence-electron chi connectivity index (χ4n) is 2.97. The van der Waals surface area contributed by atoms with E-state index in [2.05, 4.69) is 0 Å². The summed E-state index contributed by atoms with van der Waals surface area (Å²) < 4.78 is 15.2. The lowest BCUT2D eigenvalue weighted by molar-refractivity contribution is -0.146. The van der Waals surface area contributed by atoms with Crippen molar-refractivity contribution >= 4 is 29.3 Å². The molecule has 3 rings (SSSR count). The number of rotatable bonds is 9. The Bertz CT molecular complexity index is 999. The minimum absolute atomic E-state index is 0.00693. The fraction of sp³-hybridized carbons (Fsp3) is 0.318. The number of fused-ring (bicyclic) bond motifs is 2. The highest BCUT2D eigenvalue weighted by atomic mass is 16.5. The van der Waals surface area contributed by atoms with Crippen molar-refractivity contribution in [2.75, 3.05) is 13.2 Å². The molecule has 2 aromatic rings. The molecule has 1 atom stereocenters. The largest absolute Gasteiger partial charge is 0.465 e. The molecule has 0 amide bonds. The molecule has 2 N–H and O–H groups in total. The van der Waals surface area contributed by atoms with Crippen LogP contribution in [0.5, 0.6) is 0 Å². The first-order valence-corrected chi connectivity index (χ1v) is 9.76. The van der Waals surface area contributed by atoms with Crippen molar-refractivity contribution in [3.05, 3.63) is 58.5 Å². The second-order valence-corrected chi connectivity index (χ2v) is 6.91. The number of furan rings is 1. The smallest absolute Gasteiger partial charge is 0.322 e. The van der Waals surface area contributed by atoms with Crippen molar-refractivity contribution in [1.82, 2.24) is 0 Å². The predicted octanol–water partition coefficient (Wildman–Crippen LogP) is 1.84.